The maximum absolute atomic E-state index is 11.5. The van der Waals surface area contributed by atoms with E-state index in [9.17, 15) is 4.79 Å². The molecule has 27 heavy (non-hydrogen) atoms. The third-order valence-corrected chi connectivity index (χ3v) is 5.12. The first-order valence-electron chi connectivity index (χ1n) is 9.57. The minimum absolute atomic E-state index is 0.00639. The number of likely N-dealkylation sites (tertiary alicyclic amines) is 1. The van der Waals surface area contributed by atoms with Gasteiger partial charge in [0.05, 0.1) is 13.0 Å². The second-order valence-corrected chi connectivity index (χ2v) is 7.25. The molecule has 2 aromatic rings. The van der Waals surface area contributed by atoms with Crippen LogP contribution >= 0.6 is 0 Å². The fourth-order valence-corrected chi connectivity index (χ4v) is 3.62. The largest absolute Gasteiger partial charge is 0.497 e. The minimum Gasteiger partial charge on any atom is -0.497 e. The number of nitrogens with one attached hydrogen (secondary N) is 1. The van der Waals surface area contributed by atoms with Crippen molar-refractivity contribution in [1.29, 1.82) is 0 Å². The Kier molecular flexibility index (Phi) is 6.85. The molecule has 0 radical (unpaired) electrons. The summed E-state index contributed by atoms with van der Waals surface area (Å²) in [5.41, 5.74) is 9.27. The molecule has 5 heteroatoms. The first kappa shape index (κ1) is 19.4. The topological polar surface area (TPSA) is 67.6 Å². The van der Waals surface area contributed by atoms with Gasteiger partial charge < -0.3 is 15.8 Å². The molecule has 0 saturated carbocycles. The predicted octanol–water partition coefficient (Wildman–Crippen LogP) is 2.68. The number of amides is 1. The van der Waals surface area contributed by atoms with E-state index in [2.05, 4.69) is 46.6 Å². The highest BCUT2D eigenvalue weighted by molar-refractivity contribution is 5.76. The standard InChI is InChI=1S/C22H29N3O2/c1-27-21-9-7-17(8-10-21)13-24-14-18-4-2-5-19(12-18)15-25-11-3-6-20(16-25)22(23)26/h2,4-5,7-10,12,20,24H,3,6,11,13-16H2,1H3,(H2,23,26). The van der Waals surface area contributed by atoms with E-state index in [4.69, 9.17) is 10.5 Å². The van der Waals surface area contributed by atoms with E-state index in [1.165, 1.54) is 16.7 Å². The molecule has 1 fully saturated rings. The lowest BCUT2D eigenvalue weighted by Gasteiger charge is -2.31. The maximum Gasteiger partial charge on any atom is 0.221 e. The van der Waals surface area contributed by atoms with Crippen molar-refractivity contribution >= 4 is 5.91 Å². The number of hydrogen-bond donors (Lipinski definition) is 2. The Morgan fingerprint density at radius 1 is 1.15 bits per heavy atom. The van der Waals surface area contributed by atoms with Crippen molar-refractivity contribution in [2.45, 2.75) is 32.5 Å². The molecule has 5 nitrogen and oxygen atoms in total. The summed E-state index contributed by atoms with van der Waals surface area (Å²) in [7, 11) is 1.68. The van der Waals surface area contributed by atoms with Gasteiger partial charge in [0.1, 0.15) is 5.75 Å². The van der Waals surface area contributed by atoms with E-state index in [1.807, 2.05) is 12.1 Å². The van der Waals surface area contributed by atoms with Crippen LogP contribution in [-0.4, -0.2) is 31.0 Å². The third-order valence-electron chi connectivity index (χ3n) is 5.12. The van der Waals surface area contributed by atoms with E-state index in [1.54, 1.807) is 7.11 Å². The molecule has 1 atom stereocenters. The molecule has 0 aromatic heterocycles. The highest BCUT2D eigenvalue weighted by Gasteiger charge is 2.23. The highest BCUT2D eigenvalue weighted by Crippen LogP contribution is 2.19. The summed E-state index contributed by atoms with van der Waals surface area (Å²) >= 11 is 0. The second kappa shape index (κ2) is 9.53. The number of carbonyl (C=O) groups is 1. The van der Waals surface area contributed by atoms with Crippen LogP contribution in [0.3, 0.4) is 0 Å². The maximum atomic E-state index is 11.5. The van der Waals surface area contributed by atoms with Gasteiger partial charge in [0.2, 0.25) is 5.91 Å². The van der Waals surface area contributed by atoms with Crippen LogP contribution in [0.15, 0.2) is 48.5 Å². The number of nitrogens with two attached hydrogens (primary N) is 1. The molecule has 1 aliphatic heterocycles. The summed E-state index contributed by atoms with van der Waals surface area (Å²) in [6, 6.07) is 16.8. The summed E-state index contributed by atoms with van der Waals surface area (Å²) < 4.78 is 5.19. The quantitative estimate of drug-likeness (QED) is 0.753. The van der Waals surface area contributed by atoms with Crippen molar-refractivity contribution < 1.29 is 9.53 Å². The van der Waals surface area contributed by atoms with Gasteiger partial charge in [-0.25, -0.2) is 0 Å². The van der Waals surface area contributed by atoms with E-state index in [0.717, 1.165) is 51.3 Å². The van der Waals surface area contributed by atoms with Crippen molar-refractivity contribution in [3.05, 3.63) is 65.2 Å². The molecule has 0 bridgehead atoms. The average molecular weight is 367 g/mol. The number of carbonyl (C=O) groups excluding carboxylic acids is 1. The second-order valence-electron chi connectivity index (χ2n) is 7.25. The molecular formula is C22H29N3O2. The molecule has 1 aliphatic rings. The van der Waals surface area contributed by atoms with Crippen LogP contribution in [0.2, 0.25) is 0 Å². The number of ether oxygens (including phenoxy) is 1. The first-order valence-corrected chi connectivity index (χ1v) is 9.57. The average Bonchev–Trinajstić information content (AvgIpc) is 2.69. The van der Waals surface area contributed by atoms with Crippen LogP contribution in [0, 0.1) is 5.92 Å². The van der Waals surface area contributed by atoms with Crippen LogP contribution in [0.4, 0.5) is 0 Å². The Hall–Kier alpha value is -2.37. The minimum atomic E-state index is -0.170. The molecule has 144 valence electrons. The zero-order valence-corrected chi connectivity index (χ0v) is 16.0. The van der Waals surface area contributed by atoms with Crippen molar-refractivity contribution in [2.24, 2.45) is 11.7 Å². The van der Waals surface area contributed by atoms with Crippen molar-refractivity contribution in [2.75, 3.05) is 20.2 Å². The molecule has 1 heterocycles. The Labute approximate surface area is 161 Å². The lowest BCUT2D eigenvalue weighted by molar-refractivity contribution is -0.123. The van der Waals surface area contributed by atoms with Gasteiger partial charge in [-0.1, -0.05) is 36.4 Å². The van der Waals surface area contributed by atoms with Gasteiger partial charge in [-0.05, 0) is 48.2 Å². The van der Waals surface area contributed by atoms with E-state index < -0.39 is 0 Å². The smallest absolute Gasteiger partial charge is 0.221 e. The van der Waals surface area contributed by atoms with Gasteiger partial charge in [0.15, 0.2) is 0 Å². The summed E-state index contributed by atoms with van der Waals surface area (Å²) in [6.07, 6.45) is 1.96. The molecule has 3 rings (SSSR count). The van der Waals surface area contributed by atoms with Gasteiger partial charge in [-0.3, -0.25) is 9.69 Å². The molecule has 0 aliphatic carbocycles. The van der Waals surface area contributed by atoms with Gasteiger partial charge in [0.25, 0.3) is 0 Å². The molecule has 2 aromatic carbocycles. The monoisotopic (exact) mass is 367 g/mol. The Morgan fingerprint density at radius 2 is 1.89 bits per heavy atom. The molecular weight excluding hydrogens is 338 g/mol. The molecule has 1 saturated heterocycles. The van der Waals surface area contributed by atoms with Crippen LogP contribution in [-0.2, 0) is 24.4 Å². The molecule has 1 amide bonds. The van der Waals surface area contributed by atoms with Crippen LogP contribution < -0.4 is 15.8 Å². The Morgan fingerprint density at radius 3 is 2.63 bits per heavy atom. The van der Waals surface area contributed by atoms with Crippen molar-refractivity contribution in [1.82, 2.24) is 10.2 Å². The molecule has 3 N–H and O–H groups in total. The number of piperidine rings is 1. The molecule has 1 unspecified atom stereocenters. The van der Waals surface area contributed by atoms with E-state index in [-0.39, 0.29) is 11.8 Å². The van der Waals surface area contributed by atoms with E-state index in [0.29, 0.717) is 0 Å². The number of benzene rings is 2. The SMILES string of the molecule is COc1ccc(CNCc2cccc(CN3CCCC(C(N)=O)C3)c2)cc1. The van der Waals surface area contributed by atoms with Crippen LogP contribution in [0.25, 0.3) is 0 Å². The fourth-order valence-electron chi connectivity index (χ4n) is 3.62. The summed E-state index contributed by atoms with van der Waals surface area (Å²) in [5, 5.41) is 3.49. The summed E-state index contributed by atoms with van der Waals surface area (Å²) in [6.45, 7) is 4.32. The number of methoxy groups -OCH3 is 1. The number of primary amides is 1. The number of hydrogen-bond acceptors (Lipinski definition) is 4. The zero-order valence-electron chi connectivity index (χ0n) is 16.0. The lowest BCUT2D eigenvalue weighted by atomic mass is 9.97. The number of rotatable bonds is 8. The summed E-state index contributed by atoms with van der Waals surface area (Å²) in [4.78, 5) is 13.8. The lowest BCUT2D eigenvalue weighted by Crippen LogP contribution is -2.40. The Balaban J connectivity index is 1.50. The first-order chi connectivity index (χ1) is 13.1. The van der Waals surface area contributed by atoms with Crippen LogP contribution in [0.1, 0.15) is 29.5 Å². The highest BCUT2D eigenvalue weighted by atomic mass is 16.5. The summed E-state index contributed by atoms with van der Waals surface area (Å²) in [5.74, 6) is 0.701. The van der Waals surface area contributed by atoms with E-state index >= 15 is 0 Å². The third kappa shape index (κ3) is 5.81. The van der Waals surface area contributed by atoms with Gasteiger partial charge >= 0.3 is 0 Å². The Bertz CT molecular complexity index is 745. The van der Waals surface area contributed by atoms with Gasteiger partial charge in [-0.2, -0.15) is 0 Å². The van der Waals surface area contributed by atoms with Gasteiger partial charge in [-0.15, -0.1) is 0 Å². The normalized spacial score (nSPS) is 17.6. The van der Waals surface area contributed by atoms with Crippen LogP contribution in [0.5, 0.6) is 5.75 Å². The van der Waals surface area contributed by atoms with Crippen molar-refractivity contribution in [3.63, 3.8) is 0 Å². The van der Waals surface area contributed by atoms with Gasteiger partial charge in [0, 0.05) is 26.2 Å². The number of nitrogens with zero attached hydrogens (tertiary/aromatic N) is 1. The predicted molar refractivity (Wildman–Crippen MR) is 107 cm³/mol. The fraction of sp³-hybridized carbons (Fsp3) is 0.409. The zero-order chi connectivity index (χ0) is 19.1. The molecule has 0 spiro atoms. The van der Waals surface area contributed by atoms with Crippen molar-refractivity contribution in [3.8, 4) is 5.75 Å².